The van der Waals surface area contributed by atoms with Gasteiger partial charge in [-0.1, -0.05) is 22.0 Å². The van der Waals surface area contributed by atoms with Gasteiger partial charge in [0, 0.05) is 21.3 Å². The number of rotatable bonds is 3. The van der Waals surface area contributed by atoms with Crippen LogP contribution in [0.5, 0.6) is 0 Å². The van der Waals surface area contributed by atoms with E-state index in [1.165, 1.54) is 0 Å². The van der Waals surface area contributed by atoms with Crippen molar-refractivity contribution in [2.45, 2.75) is 0 Å². The Morgan fingerprint density at radius 3 is 2.44 bits per heavy atom. The summed E-state index contributed by atoms with van der Waals surface area (Å²) in [6.07, 6.45) is 0.764. The van der Waals surface area contributed by atoms with E-state index in [0.29, 0.717) is 16.8 Å². The molecule has 0 aliphatic rings. The molecule has 0 aliphatic heterocycles. The van der Waals surface area contributed by atoms with Crippen molar-refractivity contribution >= 4 is 33.8 Å². The predicted octanol–water partition coefficient (Wildman–Crippen LogP) is 3.51. The van der Waals surface area contributed by atoms with Crippen LogP contribution < -0.4 is 5.32 Å². The lowest BCUT2D eigenvalue weighted by atomic mass is 10.2. The van der Waals surface area contributed by atoms with E-state index in [1.807, 2.05) is 6.07 Å². The van der Waals surface area contributed by atoms with Crippen molar-refractivity contribution < 1.29 is 9.59 Å². The van der Waals surface area contributed by atoms with Crippen LogP contribution in [0.3, 0.4) is 0 Å². The molecule has 1 amide bonds. The Morgan fingerprint density at radius 1 is 1.11 bits per heavy atom. The van der Waals surface area contributed by atoms with Gasteiger partial charge < -0.3 is 5.32 Å². The Morgan fingerprint density at radius 2 is 1.83 bits per heavy atom. The van der Waals surface area contributed by atoms with Crippen LogP contribution in [0.2, 0.25) is 0 Å². The molecule has 1 N–H and O–H groups in total. The first-order chi connectivity index (χ1) is 8.69. The molecular weight excluding hydrogens is 294 g/mol. The molecule has 0 atom stereocenters. The number of hydrogen-bond donors (Lipinski definition) is 1. The van der Waals surface area contributed by atoms with Crippen LogP contribution in [0.15, 0.2) is 53.0 Å². The highest BCUT2D eigenvalue weighted by Crippen LogP contribution is 2.14. The van der Waals surface area contributed by atoms with E-state index in [2.05, 4.69) is 21.2 Å². The number of carbonyl (C=O) groups is 2. The summed E-state index contributed by atoms with van der Waals surface area (Å²) < 4.78 is 0.853. The summed E-state index contributed by atoms with van der Waals surface area (Å²) in [4.78, 5) is 22.4. The van der Waals surface area contributed by atoms with Crippen LogP contribution in [-0.4, -0.2) is 12.2 Å². The molecule has 0 heterocycles. The van der Waals surface area contributed by atoms with Crippen LogP contribution in [0, 0.1) is 0 Å². The number of anilines is 1. The summed E-state index contributed by atoms with van der Waals surface area (Å²) in [6.45, 7) is 0. The largest absolute Gasteiger partial charge is 0.322 e. The van der Waals surface area contributed by atoms with Gasteiger partial charge in [0.05, 0.1) is 0 Å². The van der Waals surface area contributed by atoms with Crippen molar-refractivity contribution in [2.75, 3.05) is 5.32 Å². The van der Waals surface area contributed by atoms with Gasteiger partial charge in [0.2, 0.25) is 0 Å². The van der Waals surface area contributed by atoms with Gasteiger partial charge in [-0.15, -0.1) is 0 Å². The maximum atomic E-state index is 11.9. The number of amides is 1. The standard InChI is InChI=1S/C14H10BrNO2/c15-12-3-1-2-11(8-12)14(18)16-13-6-4-10(9-17)5-7-13/h1-9H,(H,16,18). The zero-order valence-corrected chi connectivity index (χ0v) is 11.0. The van der Waals surface area contributed by atoms with E-state index in [4.69, 9.17) is 0 Å². The highest BCUT2D eigenvalue weighted by molar-refractivity contribution is 9.10. The SMILES string of the molecule is O=Cc1ccc(NC(=O)c2cccc(Br)c2)cc1. The molecule has 0 saturated heterocycles. The van der Waals surface area contributed by atoms with E-state index in [0.717, 1.165) is 10.8 Å². The van der Waals surface area contributed by atoms with Crippen molar-refractivity contribution in [3.8, 4) is 0 Å². The Bertz CT molecular complexity index is 579. The molecule has 0 radical (unpaired) electrons. The summed E-state index contributed by atoms with van der Waals surface area (Å²) in [7, 11) is 0. The average molecular weight is 304 g/mol. The van der Waals surface area contributed by atoms with Gasteiger partial charge >= 0.3 is 0 Å². The van der Waals surface area contributed by atoms with Crippen molar-refractivity contribution in [3.63, 3.8) is 0 Å². The zero-order chi connectivity index (χ0) is 13.0. The molecule has 2 aromatic carbocycles. The van der Waals surface area contributed by atoms with Crippen LogP contribution in [0.4, 0.5) is 5.69 Å². The van der Waals surface area contributed by atoms with Crippen LogP contribution >= 0.6 is 15.9 Å². The van der Waals surface area contributed by atoms with Crippen molar-refractivity contribution in [3.05, 3.63) is 64.1 Å². The third kappa shape index (κ3) is 3.05. The summed E-state index contributed by atoms with van der Waals surface area (Å²) in [5.41, 5.74) is 1.81. The minimum absolute atomic E-state index is 0.185. The van der Waals surface area contributed by atoms with Crippen molar-refractivity contribution in [1.29, 1.82) is 0 Å². The lowest BCUT2D eigenvalue weighted by Crippen LogP contribution is -2.11. The van der Waals surface area contributed by atoms with Gasteiger partial charge in [-0.3, -0.25) is 9.59 Å². The first kappa shape index (κ1) is 12.5. The molecule has 0 fully saturated rings. The fourth-order valence-corrected chi connectivity index (χ4v) is 1.88. The lowest BCUT2D eigenvalue weighted by Gasteiger charge is -2.05. The van der Waals surface area contributed by atoms with Gasteiger partial charge in [0.15, 0.2) is 0 Å². The number of halogens is 1. The first-order valence-corrected chi connectivity index (χ1v) is 6.10. The van der Waals surface area contributed by atoms with Crippen molar-refractivity contribution in [1.82, 2.24) is 0 Å². The second kappa shape index (κ2) is 5.60. The highest BCUT2D eigenvalue weighted by atomic mass is 79.9. The van der Waals surface area contributed by atoms with Crippen molar-refractivity contribution in [2.24, 2.45) is 0 Å². The molecule has 0 aromatic heterocycles. The zero-order valence-electron chi connectivity index (χ0n) is 9.39. The fraction of sp³-hybridized carbons (Fsp3) is 0. The number of carbonyl (C=O) groups excluding carboxylic acids is 2. The third-order valence-corrected chi connectivity index (χ3v) is 2.88. The normalized spacial score (nSPS) is 9.83. The monoisotopic (exact) mass is 303 g/mol. The molecule has 2 rings (SSSR count). The molecular formula is C14H10BrNO2. The van der Waals surface area contributed by atoms with E-state index >= 15 is 0 Å². The van der Waals surface area contributed by atoms with Crippen LogP contribution in [0.25, 0.3) is 0 Å². The minimum atomic E-state index is -0.185. The fourth-order valence-electron chi connectivity index (χ4n) is 1.48. The van der Waals surface area contributed by atoms with Gasteiger partial charge in [-0.05, 0) is 42.5 Å². The van der Waals surface area contributed by atoms with Gasteiger partial charge in [-0.25, -0.2) is 0 Å². The molecule has 18 heavy (non-hydrogen) atoms. The lowest BCUT2D eigenvalue weighted by molar-refractivity contribution is 0.102. The second-order valence-electron chi connectivity index (χ2n) is 3.70. The highest BCUT2D eigenvalue weighted by Gasteiger charge is 2.05. The number of aldehydes is 1. The summed E-state index contributed by atoms with van der Waals surface area (Å²) in [5.74, 6) is -0.185. The maximum Gasteiger partial charge on any atom is 0.255 e. The number of benzene rings is 2. The molecule has 0 bridgehead atoms. The van der Waals surface area contributed by atoms with E-state index in [-0.39, 0.29) is 5.91 Å². The smallest absolute Gasteiger partial charge is 0.255 e. The number of hydrogen-bond acceptors (Lipinski definition) is 2. The molecule has 3 nitrogen and oxygen atoms in total. The summed E-state index contributed by atoms with van der Waals surface area (Å²) in [6, 6.07) is 13.8. The third-order valence-electron chi connectivity index (χ3n) is 2.39. The van der Waals surface area contributed by atoms with Gasteiger partial charge in [0.25, 0.3) is 5.91 Å². The number of nitrogens with one attached hydrogen (secondary N) is 1. The maximum absolute atomic E-state index is 11.9. The van der Waals surface area contributed by atoms with Gasteiger partial charge in [0.1, 0.15) is 6.29 Å². The summed E-state index contributed by atoms with van der Waals surface area (Å²) in [5, 5.41) is 2.76. The molecule has 4 heteroatoms. The van der Waals surface area contributed by atoms with E-state index in [9.17, 15) is 9.59 Å². The predicted molar refractivity (Wildman–Crippen MR) is 73.9 cm³/mol. The van der Waals surface area contributed by atoms with Crippen LogP contribution in [-0.2, 0) is 0 Å². The Hall–Kier alpha value is -1.94. The Kier molecular flexibility index (Phi) is 3.89. The van der Waals surface area contributed by atoms with E-state index < -0.39 is 0 Å². The quantitative estimate of drug-likeness (QED) is 0.882. The molecule has 0 spiro atoms. The van der Waals surface area contributed by atoms with Crippen LogP contribution in [0.1, 0.15) is 20.7 Å². The second-order valence-corrected chi connectivity index (χ2v) is 4.62. The van der Waals surface area contributed by atoms with Gasteiger partial charge in [-0.2, -0.15) is 0 Å². The molecule has 2 aromatic rings. The summed E-state index contributed by atoms with van der Waals surface area (Å²) >= 11 is 3.32. The molecule has 90 valence electrons. The van der Waals surface area contributed by atoms with E-state index in [1.54, 1.807) is 42.5 Å². The molecule has 0 aliphatic carbocycles. The molecule has 0 saturated carbocycles. The average Bonchev–Trinajstić information content (AvgIpc) is 2.39. The topological polar surface area (TPSA) is 46.2 Å². The minimum Gasteiger partial charge on any atom is -0.322 e. The first-order valence-electron chi connectivity index (χ1n) is 5.31. The molecule has 0 unspecified atom stereocenters. The Labute approximate surface area is 113 Å². The Balaban J connectivity index is 2.13.